The number of benzene rings is 1. The summed E-state index contributed by atoms with van der Waals surface area (Å²) in [5, 5.41) is 0.975. The summed E-state index contributed by atoms with van der Waals surface area (Å²) < 4.78 is 5.11. The normalized spacial score (nSPS) is 12.6. The van der Waals surface area contributed by atoms with Crippen molar-refractivity contribution in [3.05, 3.63) is 59.5 Å². The number of hydrogen-bond acceptors (Lipinski definition) is 1. The molecular formula is C14H15BrO. The number of alkyl halides is 1. The van der Waals surface area contributed by atoms with E-state index in [0.29, 0.717) is 5.92 Å². The predicted octanol–water partition coefficient (Wildman–Crippen LogP) is 4.31. The van der Waals surface area contributed by atoms with Gasteiger partial charge in [0.25, 0.3) is 0 Å². The minimum Gasteiger partial charge on any atom is -0.472 e. The molecule has 2 heteroatoms. The highest BCUT2D eigenvalue weighted by Gasteiger charge is 2.13. The third-order valence-electron chi connectivity index (χ3n) is 2.88. The van der Waals surface area contributed by atoms with Crippen molar-refractivity contribution in [1.82, 2.24) is 0 Å². The van der Waals surface area contributed by atoms with Gasteiger partial charge in [-0.2, -0.15) is 0 Å². The molecule has 0 bridgehead atoms. The Kier molecular flexibility index (Phi) is 3.83. The van der Waals surface area contributed by atoms with Crippen molar-refractivity contribution < 1.29 is 4.42 Å². The molecular weight excluding hydrogens is 264 g/mol. The minimum absolute atomic E-state index is 0.513. The van der Waals surface area contributed by atoms with E-state index in [4.69, 9.17) is 4.42 Å². The largest absolute Gasteiger partial charge is 0.472 e. The number of rotatable bonds is 4. The van der Waals surface area contributed by atoms with Crippen LogP contribution in [0, 0.1) is 6.92 Å². The summed E-state index contributed by atoms with van der Waals surface area (Å²) >= 11 is 3.60. The van der Waals surface area contributed by atoms with Crippen LogP contribution in [0.3, 0.4) is 0 Å². The fourth-order valence-electron chi connectivity index (χ4n) is 1.99. The highest BCUT2D eigenvalue weighted by atomic mass is 79.9. The summed E-state index contributed by atoms with van der Waals surface area (Å²) in [5.41, 5.74) is 4.03. The lowest BCUT2D eigenvalue weighted by molar-refractivity contribution is 0.562. The van der Waals surface area contributed by atoms with E-state index in [9.17, 15) is 0 Å². The Balaban J connectivity index is 2.20. The topological polar surface area (TPSA) is 13.1 Å². The fraction of sp³-hybridized carbons (Fsp3) is 0.286. The van der Waals surface area contributed by atoms with Crippen molar-refractivity contribution in [1.29, 1.82) is 0 Å². The summed E-state index contributed by atoms with van der Waals surface area (Å²) in [7, 11) is 0. The highest BCUT2D eigenvalue weighted by Crippen LogP contribution is 2.25. The van der Waals surface area contributed by atoms with Crippen LogP contribution in [0.25, 0.3) is 0 Å². The Morgan fingerprint density at radius 1 is 1.25 bits per heavy atom. The molecule has 2 aromatic rings. The molecule has 0 aliphatic carbocycles. The van der Waals surface area contributed by atoms with Crippen LogP contribution >= 0.6 is 15.9 Å². The van der Waals surface area contributed by atoms with Gasteiger partial charge in [-0.05, 0) is 42.0 Å². The molecule has 1 nitrogen and oxygen atoms in total. The van der Waals surface area contributed by atoms with E-state index < -0.39 is 0 Å². The van der Waals surface area contributed by atoms with Crippen LogP contribution in [0.2, 0.25) is 0 Å². The van der Waals surface area contributed by atoms with Crippen molar-refractivity contribution in [2.45, 2.75) is 19.3 Å². The molecule has 0 spiro atoms. The van der Waals surface area contributed by atoms with Gasteiger partial charge < -0.3 is 4.42 Å². The molecule has 1 aromatic carbocycles. The standard InChI is InChI=1S/C14H15BrO/c1-11-4-2-3-5-14(11)13(9-15)8-12-6-7-16-10-12/h2-7,10,13H,8-9H2,1H3. The van der Waals surface area contributed by atoms with Gasteiger partial charge >= 0.3 is 0 Å². The maximum Gasteiger partial charge on any atom is 0.0934 e. The van der Waals surface area contributed by atoms with Crippen molar-refractivity contribution >= 4 is 15.9 Å². The van der Waals surface area contributed by atoms with Gasteiger partial charge in [0.05, 0.1) is 12.5 Å². The Morgan fingerprint density at radius 2 is 2.06 bits per heavy atom. The Hall–Kier alpha value is -1.02. The molecule has 0 N–H and O–H groups in total. The van der Waals surface area contributed by atoms with Gasteiger partial charge in [0, 0.05) is 5.33 Å². The molecule has 0 saturated heterocycles. The van der Waals surface area contributed by atoms with Crippen LogP contribution in [-0.4, -0.2) is 5.33 Å². The zero-order valence-corrected chi connectivity index (χ0v) is 10.9. The van der Waals surface area contributed by atoms with E-state index in [0.717, 1.165) is 11.8 Å². The van der Waals surface area contributed by atoms with Crippen molar-refractivity contribution in [2.24, 2.45) is 0 Å². The molecule has 1 heterocycles. The third kappa shape index (κ3) is 2.56. The van der Waals surface area contributed by atoms with Gasteiger partial charge in [-0.3, -0.25) is 0 Å². The van der Waals surface area contributed by atoms with Crippen LogP contribution in [0.4, 0.5) is 0 Å². The maximum absolute atomic E-state index is 5.11. The van der Waals surface area contributed by atoms with Gasteiger partial charge in [-0.25, -0.2) is 0 Å². The van der Waals surface area contributed by atoms with Gasteiger partial charge in [-0.1, -0.05) is 40.2 Å². The van der Waals surface area contributed by atoms with E-state index in [-0.39, 0.29) is 0 Å². The zero-order chi connectivity index (χ0) is 11.4. The number of furan rings is 1. The van der Waals surface area contributed by atoms with Crippen LogP contribution in [-0.2, 0) is 6.42 Å². The SMILES string of the molecule is Cc1ccccc1C(CBr)Cc1ccoc1. The lowest BCUT2D eigenvalue weighted by Gasteiger charge is -2.15. The maximum atomic E-state index is 5.11. The second-order valence-electron chi connectivity index (χ2n) is 4.04. The third-order valence-corrected chi connectivity index (χ3v) is 3.66. The smallest absolute Gasteiger partial charge is 0.0934 e. The van der Waals surface area contributed by atoms with E-state index in [1.165, 1.54) is 16.7 Å². The number of aryl methyl sites for hydroxylation is 1. The van der Waals surface area contributed by atoms with Crippen LogP contribution in [0.15, 0.2) is 47.3 Å². The van der Waals surface area contributed by atoms with Crippen molar-refractivity contribution in [2.75, 3.05) is 5.33 Å². The number of hydrogen-bond donors (Lipinski definition) is 0. The van der Waals surface area contributed by atoms with Gasteiger partial charge in [0.15, 0.2) is 0 Å². The Bertz CT molecular complexity index is 434. The first-order valence-electron chi connectivity index (χ1n) is 5.44. The first-order valence-corrected chi connectivity index (χ1v) is 6.56. The first kappa shape index (κ1) is 11.5. The molecule has 1 unspecified atom stereocenters. The van der Waals surface area contributed by atoms with E-state index in [1.807, 2.05) is 12.3 Å². The summed E-state index contributed by atoms with van der Waals surface area (Å²) in [6, 6.07) is 10.6. The average molecular weight is 279 g/mol. The second-order valence-corrected chi connectivity index (χ2v) is 4.69. The molecule has 1 atom stereocenters. The molecule has 0 aliphatic heterocycles. The van der Waals surface area contributed by atoms with E-state index in [1.54, 1.807) is 6.26 Å². The molecule has 0 radical (unpaired) electrons. The molecule has 84 valence electrons. The quantitative estimate of drug-likeness (QED) is 0.760. The summed E-state index contributed by atoms with van der Waals surface area (Å²) in [5.74, 6) is 0.513. The van der Waals surface area contributed by atoms with Crippen molar-refractivity contribution in [3.8, 4) is 0 Å². The van der Waals surface area contributed by atoms with Crippen molar-refractivity contribution in [3.63, 3.8) is 0 Å². The molecule has 0 fully saturated rings. The molecule has 0 saturated carbocycles. The average Bonchev–Trinajstić information content (AvgIpc) is 2.80. The predicted molar refractivity (Wildman–Crippen MR) is 70.1 cm³/mol. The highest BCUT2D eigenvalue weighted by molar-refractivity contribution is 9.09. The number of halogens is 1. The van der Waals surface area contributed by atoms with E-state index in [2.05, 4.69) is 47.1 Å². The second kappa shape index (κ2) is 5.35. The monoisotopic (exact) mass is 278 g/mol. The summed E-state index contributed by atoms with van der Waals surface area (Å²) in [6.07, 6.45) is 4.58. The van der Waals surface area contributed by atoms with Crippen LogP contribution in [0.1, 0.15) is 22.6 Å². The van der Waals surface area contributed by atoms with Gasteiger partial charge in [0.2, 0.25) is 0 Å². The lowest BCUT2D eigenvalue weighted by atomic mass is 9.92. The van der Waals surface area contributed by atoms with Gasteiger partial charge in [0.1, 0.15) is 0 Å². The summed E-state index contributed by atoms with van der Waals surface area (Å²) in [4.78, 5) is 0. The zero-order valence-electron chi connectivity index (χ0n) is 9.32. The van der Waals surface area contributed by atoms with E-state index >= 15 is 0 Å². The Morgan fingerprint density at radius 3 is 2.69 bits per heavy atom. The summed E-state index contributed by atoms with van der Waals surface area (Å²) in [6.45, 7) is 2.17. The van der Waals surface area contributed by atoms with Crippen LogP contribution in [0.5, 0.6) is 0 Å². The fourth-order valence-corrected chi connectivity index (χ4v) is 2.56. The first-order chi connectivity index (χ1) is 7.81. The minimum atomic E-state index is 0.513. The molecule has 2 rings (SSSR count). The molecule has 16 heavy (non-hydrogen) atoms. The molecule has 0 amide bonds. The lowest BCUT2D eigenvalue weighted by Crippen LogP contribution is -2.05. The molecule has 1 aromatic heterocycles. The Labute approximate surface area is 105 Å². The van der Waals surface area contributed by atoms with Crippen LogP contribution < -0.4 is 0 Å². The van der Waals surface area contributed by atoms with Gasteiger partial charge in [-0.15, -0.1) is 0 Å². The molecule has 0 aliphatic rings.